The van der Waals surface area contributed by atoms with Crippen LogP contribution in [0.2, 0.25) is 0 Å². The number of hydrogen-bond donors (Lipinski definition) is 3. The Hall–Kier alpha value is -2.31. The topological polar surface area (TPSA) is 87.6 Å². The minimum absolute atomic E-state index is 0.278. The van der Waals surface area contributed by atoms with E-state index in [1.54, 1.807) is 10.9 Å². The second-order valence-electron chi connectivity index (χ2n) is 5.23. The van der Waals surface area contributed by atoms with E-state index in [1.165, 1.54) is 0 Å². The molecule has 0 unspecified atom stereocenters. The summed E-state index contributed by atoms with van der Waals surface area (Å²) in [6.07, 6.45) is 5.79. The van der Waals surface area contributed by atoms with Crippen molar-refractivity contribution in [3.05, 3.63) is 29.7 Å². The molecule has 114 valence electrons. The van der Waals surface area contributed by atoms with Gasteiger partial charge in [0.25, 0.3) is 0 Å². The van der Waals surface area contributed by atoms with Crippen LogP contribution in [0.4, 0.5) is 10.6 Å². The van der Waals surface area contributed by atoms with Crippen molar-refractivity contribution in [2.75, 3.05) is 5.32 Å². The molecule has 2 aromatic rings. The Morgan fingerprint density at radius 1 is 1.52 bits per heavy atom. The van der Waals surface area contributed by atoms with Gasteiger partial charge in [-0.2, -0.15) is 10.2 Å². The van der Waals surface area contributed by atoms with Crippen molar-refractivity contribution in [1.82, 2.24) is 25.3 Å². The van der Waals surface area contributed by atoms with E-state index in [4.69, 9.17) is 0 Å². The van der Waals surface area contributed by atoms with E-state index in [-0.39, 0.29) is 6.03 Å². The Kier molecular flexibility index (Phi) is 4.97. The molecule has 0 saturated carbocycles. The van der Waals surface area contributed by atoms with Crippen LogP contribution in [0.1, 0.15) is 43.9 Å². The molecule has 3 N–H and O–H groups in total. The van der Waals surface area contributed by atoms with E-state index in [1.807, 2.05) is 19.3 Å². The quantitative estimate of drug-likeness (QED) is 0.763. The van der Waals surface area contributed by atoms with Crippen LogP contribution in [0.25, 0.3) is 0 Å². The molecule has 0 aromatic carbocycles. The van der Waals surface area contributed by atoms with Crippen LogP contribution in [0, 0.1) is 0 Å². The average molecular weight is 290 g/mol. The molecule has 2 rings (SSSR count). The lowest BCUT2D eigenvalue weighted by Gasteiger charge is -2.05. The van der Waals surface area contributed by atoms with Gasteiger partial charge in [0.2, 0.25) is 0 Å². The summed E-state index contributed by atoms with van der Waals surface area (Å²) >= 11 is 0. The first kappa shape index (κ1) is 15.1. The van der Waals surface area contributed by atoms with Gasteiger partial charge in [0, 0.05) is 37.1 Å². The van der Waals surface area contributed by atoms with E-state index in [0.717, 1.165) is 24.1 Å². The summed E-state index contributed by atoms with van der Waals surface area (Å²) in [5.41, 5.74) is 1.99. The monoisotopic (exact) mass is 290 g/mol. The third-order valence-electron chi connectivity index (χ3n) is 3.30. The van der Waals surface area contributed by atoms with E-state index in [0.29, 0.717) is 18.3 Å². The Labute approximate surface area is 124 Å². The number of nitrogens with zero attached hydrogens (tertiary/aromatic N) is 3. The number of urea groups is 1. The van der Waals surface area contributed by atoms with Crippen LogP contribution in [0.3, 0.4) is 0 Å². The molecule has 1 atom stereocenters. The lowest BCUT2D eigenvalue weighted by atomic mass is 10.0. The number of carbonyl (C=O) groups excluding carboxylic acids is 1. The van der Waals surface area contributed by atoms with Gasteiger partial charge < -0.3 is 5.32 Å². The summed E-state index contributed by atoms with van der Waals surface area (Å²) in [4.78, 5) is 11.8. The molecule has 0 saturated heterocycles. The Bertz CT molecular complexity index is 588. The summed E-state index contributed by atoms with van der Waals surface area (Å²) in [6.45, 7) is 4.73. The molecule has 0 fully saturated rings. The predicted molar refractivity (Wildman–Crippen MR) is 81.0 cm³/mol. The van der Waals surface area contributed by atoms with Gasteiger partial charge >= 0.3 is 6.03 Å². The van der Waals surface area contributed by atoms with Gasteiger partial charge in [0.15, 0.2) is 5.82 Å². The predicted octanol–water partition coefficient (Wildman–Crippen LogP) is 2.37. The first-order chi connectivity index (χ1) is 10.1. The zero-order valence-electron chi connectivity index (χ0n) is 12.7. The van der Waals surface area contributed by atoms with Crippen LogP contribution < -0.4 is 10.6 Å². The average Bonchev–Trinajstić information content (AvgIpc) is 3.06. The maximum Gasteiger partial charge on any atom is 0.320 e. The summed E-state index contributed by atoms with van der Waals surface area (Å²) in [5.74, 6) is 0.952. The van der Waals surface area contributed by atoms with Crippen molar-refractivity contribution < 1.29 is 4.79 Å². The number of rotatable bonds is 6. The van der Waals surface area contributed by atoms with Gasteiger partial charge in [-0.3, -0.25) is 15.1 Å². The van der Waals surface area contributed by atoms with Gasteiger partial charge in [-0.25, -0.2) is 4.79 Å². The van der Waals surface area contributed by atoms with E-state index in [2.05, 4.69) is 39.8 Å². The molecule has 7 heteroatoms. The third kappa shape index (κ3) is 4.34. The van der Waals surface area contributed by atoms with Crippen molar-refractivity contribution >= 4 is 11.8 Å². The van der Waals surface area contributed by atoms with E-state index >= 15 is 0 Å². The minimum atomic E-state index is -0.278. The molecular weight excluding hydrogens is 268 g/mol. The highest BCUT2D eigenvalue weighted by molar-refractivity contribution is 5.88. The molecular formula is C14H22N6O. The molecule has 0 spiro atoms. The smallest absolute Gasteiger partial charge is 0.320 e. The number of H-pyrrole nitrogens is 1. The molecule has 0 aliphatic heterocycles. The molecule has 7 nitrogen and oxygen atoms in total. The van der Waals surface area contributed by atoms with Crippen LogP contribution in [-0.4, -0.2) is 26.0 Å². The molecule has 21 heavy (non-hydrogen) atoms. The number of nitrogens with one attached hydrogen (secondary N) is 3. The lowest BCUT2D eigenvalue weighted by Crippen LogP contribution is -2.28. The van der Waals surface area contributed by atoms with Crippen molar-refractivity contribution in [3.8, 4) is 0 Å². The number of anilines is 1. The molecule has 0 aliphatic carbocycles. The number of carbonyl (C=O) groups is 1. The Balaban J connectivity index is 1.82. The van der Waals surface area contributed by atoms with Gasteiger partial charge in [-0.15, -0.1) is 0 Å². The lowest BCUT2D eigenvalue weighted by molar-refractivity contribution is 0.251. The summed E-state index contributed by atoms with van der Waals surface area (Å²) in [6, 6.07) is 1.60. The zero-order valence-corrected chi connectivity index (χ0v) is 12.7. The van der Waals surface area contributed by atoms with Crippen LogP contribution in [0.5, 0.6) is 0 Å². The van der Waals surface area contributed by atoms with E-state index < -0.39 is 0 Å². The second-order valence-corrected chi connectivity index (χ2v) is 5.23. The van der Waals surface area contributed by atoms with Gasteiger partial charge in [0.05, 0.1) is 6.20 Å². The molecule has 0 radical (unpaired) electrons. The Morgan fingerprint density at radius 2 is 2.33 bits per heavy atom. The molecule has 2 amide bonds. The summed E-state index contributed by atoms with van der Waals surface area (Å²) < 4.78 is 1.70. The van der Waals surface area contributed by atoms with Crippen LogP contribution in [-0.2, 0) is 13.6 Å². The highest BCUT2D eigenvalue weighted by Crippen LogP contribution is 2.20. The normalized spacial score (nSPS) is 12.1. The van der Waals surface area contributed by atoms with Crippen molar-refractivity contribution in [3.63, 3.8) is 0 Å². The fourth-order valence-electron chi connectivity index (χ4n) is 2.15. The van der Waals surface area contributed by atoms with E-state index in [9.17, 15) is 4.79 Å². The number of aromatic amines is 1. The highest BCUT2D eigenvalue weighted by atomic mass is 16.2. The fourth-order valence-corrected chi connectivity index (χ4v) is 2.15. The second kappa shape index (κ2) is 6.92. The highest BCUT2D eigenvalue weighted by Gasteiger charge is 2.10. The third-order valence-corrected chi connectivity index (χ3v) is 3.30. The standard InChI is InChI=1S/C14H22N6O/c1-4-5-10(2)12-6-13(19-18-12)17-14(21)15-7-11-8-16-20(3)9-11/h6,8-10H,4-5,7H2,1-3H3,(H3,15,17,18,19,21)/t10-/m0/s1. The van der Waals surface area contributed by atoms with Crippen LogP contribution >= 0.6 is 0 Å². The van der Waals surface area contributed by atoms with Gasteiger partial charge in [0.1, 0.15) is 0 Å². The molecule has 2 heterocycles. The number of amides is 2. The maximum atomic E-state index is 11.8. The SMILES string of the molecule is CCC[C@H](C)c1cc(NC(=O)NCc2cnn(C)c2)n[nH]1. The summed E-state index contributed by atoms with van der Waals surface area (Å²) in [5, 5.41) is 16.6. The largest absolute Gasteiger partial charge is 0.334 e. The zero-order chi connectivity index (χ0) is 15.2. The number of aromatic nitrogens is 4. The Morgan fingerprint density at radius 3 is 3.00 bits per heavy atom. The van der Waals surface area contributed by atoms with Crippen molar-refractivity contribution in [2.24, 2.45) is 7.05 Å². The first-order valence-electron chi connectivity index (χ1n) is 7.16. The van der Waals surface area contributed by atoms with Gasteiger partial charge in [-0.1, -0.05) is 20.3 Å². The van der Waals surface area contributed by atoms with Crippen molar-refractivity contribution in [2.45, 2.75) is 39.2 Å². The molecule has 0 aliphatic rings. The number of hydrogen-bond acceptors (Lipinski definition) is 3. The maximum absolute atomic E-state index is 11.8. The molecule has 0 bridgehead atoms. The summed E-state index contributed by atoms with van der Waals surface area (Å²) in [7, 11) is 1.84. The first-order valence-corrected chi connectivity index (χ1v) is 7.16. The van der Waals surface area contributed by atoms with Crippen LogP contribution in [0.15, 0.2) is 18.5 Å². The van der Waals surface area contributed by atoms with Gasteiger partial charge in [-0.05, 0) is 12.3 Å². The molecule has 2 aromatic heterocycles. The number of aryl methyl sites for hydroxylation is 1. The fraction of sp³-hybridized carbons (Fsp3) is 0.500. The minimum Gasteiger partial charge on any atom is -0.334 e. The van der Waals surface area contributed by atoms with Crippen molar-refractivity contribution in [1.29, 1.82) is 0 Å².